The zero-order valence-corrected chi connectivity index (χ0v) is 19.8. The molecule has 1 amide bonds. The van der Waals surface area contributed by atoms with Crippen LogP contribution in [0.2, 0.25) is 0 Å². The smallest absolute Gasteiger partial charge is 0.260 e. The van der Waals surface area contributed by atoms with Crippen LogP contribution in [0.5, 0.6) is 5.75 Å². The Kier molecular flexibility index (Phi) is 6.43. The van der Waals surface area contributed by atoms with Gasteiger partial charge < -0.3 is 20.5 Å². The Morgan fingerprint density at radius 2 is 1.92 bits per heavy atom. The summed E-state index contributed by atoms with van der Waals surface area (Å²) in [6, 6.07) is 18.0. The number of hydrogen-bond donors (Lipinski definition) is 2. The summed E-state index contributed by atoms with van der Waals surface area (Å²) in [5, 5.41) is 3.67. The van der Waals surface area contributed by atoms with Gasteiger partial charge in [-0.15, -0.1) is 0 Å². The minimum atomic E-state index is -0.440. The molecule has 184 valence electrons. The number of carbonyl (C=O) groups excluding carboxylic acids is 1. The first-order valence-electron chi connectivity index (χ1n) is 11.7. The largest absolute Gasteiger partial charge is 0.497 e. The normalized spacial score (nSPS) is 15.2. The molecular formula is C28H26FN3O4. The van der Waals surface area contributed by atoms with Crippen molar-refractivity contribution in [3.8, 4) is 16.9 Å². The molecule has 0 spiro atoms. The monoisotopic (exact) mass is 487 g/mol. The van der Waals surface area contributed by atoms with E-state index in [1.165, 1.54) is 10.6 Å². The lowest BCUT2D eigenvalue weighted by molar-refractivity contribution is 0.0968. The van der Waals surface area contributed by atoms with E-state index < -0.39 is 5.82 Å². The third kappa shape index (κ3) is 4.43. The molecular weight excluding hydrogens is 461 g/mol. The van der Waals surface area contributed by atoms with E-state index in [9.17, 15) is 14.0 Å². The van der Waals surface area contributed by atoms with E-state index in [1.54, 1.807) is 67.8 Å². The number of nitrogens with two attached hydrogens (primary N) is 1. The van der Waals surface area contributed by atoms with E-state index in [0.717, 1.165) is 12.8 Å². The van der Waals surface area contributed by atoms with Gasteiger partial charge in [-0.25, -0.2) is 4.39 Å². The zero-order chi connectivity index (χ0) is 25.2. The van der Waals surface area contributed by atoms with Gasteiger partial charge in [-0.3, -0.25) is 14.2 Å². The Morgan fingerprint density at radius 3 is 2.61 bits per heavy atom. The van der Waals surface area contributed by atoms with Crippen LogP contribution in [0.1, 0.15) is 23.2 Å². The van der Waals surface area contributed by atoms with E-state index in [-0.39, 0.29) is 29.9 Å². The van der Waals surface area contributed by atoms with Gasteiger partial charge in [0.25, 0.3) is 11.5 Å². The van der Waals surface area contributed by atoms with Crippen LogP contribution < -0.4 is 21.3 Å². The number of benzene rings is 3. The van der Waals surface area contributed by atoms with E-state index in [2.05, 4.69) is 5.32 Å². The number of hydrogen-bond acceptors (Lipinski definition) is 5. The Hall–Kier alpha value is -4.17. The summed E-state index contributed by atoms with van der Waals surface area (Å²) in [6.45, 7) is 0.902. The number of fused-ring (bicyclic) bond motifs is 1. The predicted octanol–water partition coefficient (Wildman–Crippen LogP) is 4.83. The number of anilines is 2. The second-order valence-corrected chi connectivity index (χ2v) is 8.73. The molecule has 3 N–H and O–H groups in total. The summed E-state index contributed by atoms with van der Waals surface area (Å²) >= 11 is 0. The van der Waals surface area contributed by atoms with Crippen molar-refractivity contribution < 1.29 is 18.7 Å². The van der Waals surface area contributed by atoms with Gasteiger partial charge in [0, 0.05) is 34.4 Å². The first-order valence-corrected chi connectivity index (χ1v) is 11.7. The maximum Gasteiger partial charge on any atom is 0.260 e. The molecule has 0 bridgehead atoms. The zero-order valence-electron chi connectivity index (χ0n) is 19.8. The van der Waals surface area contributed by atoms with Gasteiger partial charge in [0.2, 0.25) is 0 Å². The number of nitrogens with one attached hydrogen (secondary N) is 1. The molecule has 5 rings (SSSR count). The van der Waals surface area contributed by atoms with Gasteiger partial charge in [0.05, 0.1) is 19.8 Å². The molecule has 8 heteroatoms. The highest BCUT2D eigenvalue weighted by molar-refractivity contribution is 6.07. The SMILES string of the molecule is COc1ccc(C(=O)Nc2ccc3c(-c4ccccc4F)c(N)n(C[C@H]4CCCO4)c(=O)c3c2)cc1. The highest BCUT2D eigenvalue weighted by Gasteiger charge is 2.23. The Morgan fingerprint density at radius 1 is 1.14 bits per heavy atom. The molecule has 7 nitrogen and oxygen atoms in total. The molecule has 0 aliphatic carbocycles. The summed E-state index contributed by atoms with van der Waals surface area (Å²) in [5.74, 6) is 0.0524. The van der Waals surface area contributed by atoms with Crippen molar-refractivity contribution in [1.29, 1.82) is 0 Å². The highest BCUT2D eigenvalue weighted by atomic mass is 19.1. The fourth-order valence-electron chi connectivity index (χ4n) is 4.61. The molecule has 0 saturated carbocycles. The summed E-state index contributed by atoms with van der Waals surface area (Å²) < 4.78 is 27.2. The van der Waals surface area contributed by atoms with Crippen molar-refractivity contribution >= 4 is 28.2 Å². The lowest BCUT2D eigenvalue weighted by atomic mass is 9.98. The summed E-state index contributed by atoms with van der Waals surface area (Å²) in [5.41, 5.74) is 7.81. The molecule has 0 radical (unpaired) electrons. The van der Waals surface area contributed by atoms with Crippen molar-refractivity contribution in [2.75, 3.05) is 24.8 Å². The van der Waals surface area contributed by atoms with E-state index in [0.29, 0.717) is 45.5 Å². The molecule has 4 aromatic rings. The third-order valence-electron chi connectivity index (χ3n) is 6.47. The van der Waals surface area contributed by atoms with Crippen LogP contribution in [-0.2, 0) is 11.3 Å². The molecule has 3 aromatic carbocycles. The number of carbonyl (C=O) groups is 1. The minimum absolute atomic E-state index is 0.145. The Labute approximate surface area is 207 Å². The van der Waals surface area contributed by atoms with E-state index in [1.807, 2.05) is 0 Å². The van der Waals surface area contributed by atoms with Crippen LogP contribution in [0.25, 0.3) is 21.9 Å². The second-order valence-electron chi connectivity index (χ2n) is 8.73. The van der Waals surface area contributed by atoms with Gasteiger partial charge in [-0.1, -0.05) is 24.3 Å². The summed E-state index contributed by atoms with van der Waals surface area (Å²) in [7, 11) is 1.55. The molecule has 36 heavy (non-hydrogen) atoms. The summed E-state index contributed by atoms with van der Waals surface area (Å²) in [4.78, 5) is 26.4. The van der Waals surface area contributed by atoms with Crippen molar-refractivity contribution in [2.24, 2.45) is 0 Å². The number of rotatable bonds is 6. The number of nitrogen functional groups attached to an aromatic ring is 1. The second kappa shape index (κ2) is 9.83. The molecule has 1 aliphatic heterocycles. The lowest BCUT2D eigenvalue weighted by Gasteiger charge is -2.20. The third-order valence-corrected chi connectivity index (χ3v) is 6.47. The van der Waals surface area contributed by atoms with Crippen LogP contribution in [-0.4, -0.2) is 30.3 Å². The first-order chi connectivity index (χ1) is 17.5. The number of pyridine rings is 1. The lowest BCUT2D eigenvalue weighted by Crippen LogP contribution is -2.29. The maximum absolute atomic E-state index is 14.9. The van der Waals surface area contributed by atoms with Gasteiger partial charge >= 0.3 is 0 Å². The van der Waals surface area contributed by atoms with E-state index >= 15 is 0 Å². The standard InChI is InChI=1S/C28H26FN3O4/c1-35-19-11-8-17(9-12-19)27(33)31-18-10-13-21-23(15-18)28(34)32(16-20-5-4-14-36-20)26(30)25(21)22-6-2-3-7-24(22)29/h2-3,6-13,15,20H,4-5,14,16,30H2,1H3,(H,31,33)/t20-/m1/s1. The van der Waals surface area contributed by atoms with Gasteiger partial charge in [0.1, 0.15) is 17.4 Å². The number of aromatic nitrogens is 1. The molecule has 0 unspecified atom stereocenters. The van der Waals surface area contributed by atoms with Gasteiger partial charge in [0.15, 0.2) is 0 Å². The van der Waals surface area contributed by atoms with Crippen molar-refractivity contribution in [2.45, 2.75) is 25.5 Å². The Bertz CT molecular complexity index is 1490. The van der Waals surface area contributed by atoms with Gasteiger partial charge in [-0.2, -0.15) is 0 Å². The van der Waals surface area contributed by atoms with Crippen molar-refractivity contribution in [1.82, 2.24) is 4.57 Å². The van der Waals surface area contributed by atoms with Crippen molar-refractivity contribution in [3.63, 3.8) is 0 Å². The predicted molar refractivity (Wildman–Crippen MR) is 138 cm³/mol. The quantitative estimate of drug-likeness (QED) is 0.406. The average Bonchev–Trinajstić information content (AvgIpc) is 3.41. The molecule has 1 aliphatic rings. The number of amides is 1. The first kappa shape index (κ1) is 23.6. The van der Waals surface area contributed by atoms with Crippen LogP contribution >= 0.6 is 0 Å². The summed E-state index contributed by atoms with van der Waals surface area (Å²) in [6.07, 6.45) is 1.58. The Balaban J connectivity index is 1.61. The maximum atomic E-state index is 14.9. The average molecular weight is 488 g/mol. The molecule has 1 atom stereocenters. The van der Waals surface area contributed by atoms with Crippen LogP contribution in [0.15, 0.2) is 71.5 Å². The van der Waals surface area contributed by atoms with Crippen LogP contribution in [0.3, 0.4) is 0 Å². The van der Waals surface area contributed by atoms with E-state index in [4.69, 9.17) is 15.2 Å². The fraction of sp³-hybridized carbons (Fsp3) is 0.214. The molecule has 1 fully saturated rings. The van der Waals surface area contributed by atoms with Crippen LogP contribution in [0, 0.1) is 5.82 Å². The molecule has 2 heterocycles. The minimum Gasteiger partial charge on any atom is -0.497 e. The number of methoxy groups -OCH3 is 1. The van der Waals surface area contributed by atoms with Crippen molar-refractivity contribution in [3.05, 3.63) is 88.5 Å². The van der Waals surface area contributed by atoms with Crippen LogP contribution in [0.4, 0.5) is 15.9 Å². The highest BCUT2D eigenvalue weighted by Crippen LogP contribution is 2.35. The fourth-order valence-corrected chi connectivity index (χ4v) is 4.61. The number of halogens is 1. The molecule has 1 saturated heterocycles. The topological polar surface area (TPSA) is 95.6 Å². The number of nitrogens with zero attached hydrogens (tertiary/aromatic N) is 1. The molecule has 1 aromatic heterocycles. The van der Waals surface area contributed by atoms with Gasteiger partial charge in [-0.05, 0) is 60.7 Å². The number of ether oxygens (including phenoxy) is 2.